The minimum atomic E-state index is -2.22. The molecule has 0 heterocycles. The van der Waals surface area contributed by atoms with Crippen molar-refractivity contribution in [3.63, 3.8) is 0 Å². The standard InChI is InChI=1S/C20H18O8.C10H12BrNO/c1-11-3-7-13(8-4-11)19(25)27-15(17(21)22)16(18(23)24)28-20(26)14-9-5-12(2)6-10-14;11-7-3-1-6-2-4-9(13)10(12)8(6)5-7/h3-10,15-16H,1-2H3,(H,21,22)(H,23,24);1,3,5,9-10,13H,2,4,12H2/t15-,16?;9-,10-/m00/s1. The maximum Gasteiger partial charge on any atom is 0.349 e. The van der Waals surface area contributed by atoms with Gasteiger partial charge in [-0.25, -0.2) is 19.2 Å². The third kappa shape index (κ3) is 8.46. The number of aryl methyl sites for hydroxylation is 3. The number of nitrogens with two attached hydrogens (primary N) is 1. The molecule has 0 bridgehead atoms. The number of rotatable bonds is 7. The summed E-state index contributed by atoms with van der Waals surface area (Å²) in [7, 11) is 0. The molecule has 1 unspecified atom stereocenters. The van der Waals surface area contributed by atoms with Gasteiger partial charge in [0.05, 0.1) is 23.3 Å². The van der Waals surface area contributed by atoms with Crippen molar-refractivity contribution < 1.29 is 44.0 Å². The van der Waals surface area contributed by atoms with Gasteiger partial charge in [-0.2, -0.15) is 0 Å². The van der Waals surface area contributed by atoms with E-state index in [1.807, 2.05) is 12.1 Å². The largest absolute Gasteiger partial charge is 0.478 e. The zero-order chi connectivity index (χ0) is 30.3. The lowest BCUT2D eigenvalue weighted by atomic mass is 9.86. The number of esters is 2. The lowest BCUT2D eigenvalue weighted by Crippen LogP contribution is -2.45. The summed E-state index contributed by atoms with van der Waals surface area (Å²) in [6.45, 7) is 3.58. The summed E-state index contributed by atoms with van der Waals surface area (Å²) < 4.78 is 10.7. The number of carboxylic acid groups (broad SMARTS) is 2. The van der Waals surface area contributed by atoms with E-state index in [1.54, 1.807) is 38.1 Å². The number of aliphatic hydroxyl groups excluding tert-OH is 1. The molecule has 0 aliphatic heterocycles. The highest BCUT2D eigenvalue weighted by molar-refractivity contribution is 9.10. The van der Waals surface area contributed by atoms with Gasteiger partial charge in [0.15, 0.2) is 0 Å². The second-order valence-corrected chi connectivity index (χ2v) is 10.5. The first-order valence-electron chi connectivity index (χ1n) is 12.6. The Kier molecular flexibility index (Phi) is 10.8. The van der Waals surface area contributed by atoms with E-state index >= 15 is 0 Å². The highest BCUT2D eigenvalue weighted by Gasteiger charge is 2.41. The molecule has 0 spiro atoms. The van der Waals surface area contributed by atoms with Crippen LogP contribution in [-0.4, -0.2) is 57.5 Å². The van der Waals surface area contributed by atoms with Crippen LogP contribution in [0.3, 0.4) is 0 Å². The second-order valence-electron chi connectivity index (χ2n) is 9.54. The Morgan fingerprint density at radius 1 is 0.805 bits per heavy atom. The van der Waals surface area contributed by atoms with E-state index in [2.05, 4.69) is 22.0 Å². The van der Waals surface area contributed by atoms with Gasteiger partial charge < -0.3 is 30.5 Å². The molecule has 3 aromatic carbocycles. The lowest BCUT2D eigenvalue weighted by molar-refractivity contribution is -0.166. The molecule has 4 atom stereocenters. The molecule has 0 amide bonds. The molecule has 4 rings (SSSR count). The predicted molar refractivity (Wildman–Crippen MR) is 151 cm³/mol. The van der Waals surface area contributed by atoms with Gasteiger partial charge in [-0.15, -0.1) is 0 Å². The Morgan fingerprint density at radius 2 is 1.24 bits per heavy atom. The molecule has 0 aromatic heterocycles. The first-order chi connectivity index (χ1) is 19.4. The second kappa shape index (κ2) is 14.0. The summed E-state index contributed by atoms with van der Waals surface area (Å²) in [5.74, 6) is -5.62. The van der Waals surface area contributed by atoms with Crippen molar-refractivity contribution in [3.05, 3.63) is 105 Å². The van der Waals surface area contributed by atoms with Crippen molar-refractivity contribution in [2.24, 2.45) is 5.73 Å². The van der Waals surface area contributed by atoms with Crippen LogP contribution in [0.25, 0.3) is 0 Å². The molecule has 0 fully saturated rings. The summed E-state index contributed by atoms with van der Waals surface area (Å²) in [6.07, 6.45) is -3.13. The maximum atomic E-state index is 12.2. The number of ether oxygens (including phenoxy) is 2. The van der Waals surface area contributed by atoms with Crippen molar-refractivity contribution in [2.45, 2.75) is 51.0 Å². The molecular formula is C30H30BrNO9. The Bertz CT molecular complexity index is 1330. The van der Waals surface area contributed by atoms with Crippen molar-refractivity contribution in [1.29, 1.82) is 0 Å². The van der Waals surface area contributed by atoms with E-state index in [0.717, 1.165) is 34.0 Å². The molecule has 10 nitrogen and oxygen atoms in total. The van der Waals surface area contributed by atoms with Gasteiger partial charge in [0.1, 0.15) is 0 Å². The molecular weight excluding hydrogens is 598 g/mol. The number of hydrogen-bond donors (Lipinski definition) is 4. The van der Waals surface area contributed by atoms with Crippen molar-refractivity contribution in [3.8, 4) is 0 Å². The Labute approximate surface area is 244 Å². The monoisotopic (exact) mass is 627 g/mol. The summed E-state index contributed by atoms with van der Waals surface area (Å²) in [4.78, 5) is 47.3. The number of carbonyl (C=O) groups excluding carboxylic acids is 2. The van der Waals surface area contributed by atoms with Gasteiger partial charge in [-0.05, 0) is 74.2 Å². The zero-order valence-corrected chi connectivity index (χ0v) is 23.9. The number of carboxylic acids is 2. The van der Waals surface area contributed by atoms with Crippen molar-refractivity contribution in [1.82, 2.24) is 0 Å². The van der Waals surface area contributed by atoms with E-state index < -0.39 is 36.1 Å². The smallest absolute Gasteiger partial charge is 0.349 e. The van der Waals surface area contributed by atoms with E-state index in [0.29, 0.717) is 0 Å². The first-order valence-corrected chi connectivity index (χ1v) is 13.4. The normalized spacial score (nSPS) is 17.1. The average Bonchev–Trinajstić information content (AvgIpc) is 2.93. The van der Waals surface area contributed by atoms with E-state index in [1.165, 1.54) is 29.8 Å². The predicted octanol–water partition coefficient (Wildman–Crippen LogP) is 3.98. The minimum Gasteiger partial charge on any atom is -0.478 e. The molecule has 216 valence electrons. The molecule has 11 heteroatoms. The van der Waals surface area contributed by atoms with E-state index in [4.69, 9.17) is 15.2 Å². The molecule has 1 aliphatic carbocycles. The summed E-state index contributed by atoms with van der Waals surface area (Å²) in [5, 5.41) is 28.2. The van der Waals surface area contributed by atoms with Crippen LogP contribution in [0.1, 0.15) is 55.4 Å². The van der Waals surface area contributed by atoms with Crippen LogP contribution in [0.2, 0.25) is 0 Å². The van der Waals surface area contributed by atoms with Crippen LogP contribution in [0.15, 0.2) is 71.2 Å². The molecule has 0 saturated carbocycles. The Morgan fingerprint density at radius 3 is 1.66 bits per heavy atom. The molecule has 0 radical (unpaired) electrons. The van der Waals surface area contributed by atoms with Crippen molar-refractivity contribution in [2.75, 3.05) is 0 Å². The van der Waals surface area contributed by atoms with Gasteiger partial charge in [-0.1, -0.05) is 57.4 Å². The summed E-state index contributed by atoms with van der Waals surface area (Å²) in [6, 6.07) is 17.9. The molecule has 0 saturated heterocycles. The van der Waals surface area contributed by atoms with Crippen LogP contribution in [-0.2, 0) is 25.5 Å². The number of fused-ring (bicyclic) bond motifs is 1. The summed E-state index contributed by atoms with van der Waals surface area (Å²) in [5.41, 5.74) is 10.0. The lowest BCUT2D eigenvalue weighted by Gasteiger charge is -2.27. The van der Waals surface area contributed by atoms with Gasteiger partial charge >= 0.3 is 23.9 Å². The zero-order valence-electron chi connectivity index (χ0n) is 22.3. The minimum absolute atomic E-state index is 0.0332. The highest BCUT2D eigenvalue weighted by atomic mass is 79.9. The van der Waals surface area contributed by atoms with Crippen molar-refractivity contribution >= 4 is 39.8 Å². The Hall–Kier alpha value is -4.06. The highest BCUT2D eigenvalue weighted by Crippen LogP contribution is 2.30. The third-order valence-corrected chi connectivity index (χ3v) is 6.89. The quantitative estimate of drug-likeness (QED) is 0.280. The van der Waals surface area contributed by atoms with Gasteiger partial charge in [-0.3, -0.25) is 0 Å². The van der Waals surface area contributed by atoms with E-state index in [9.17, 15) is 34.5 Å². The fraction of sp³-hybridized carbons (Fsp3) is 0.267. The average molecular weight is 628 g/mol. The number of carbonyl (C=O) groups is 4. The van der Waals surface area contributed by atoms with Crippen LogP contribution in [0, 0.1) is 13.8 Å². The first kappa shape index (κ1) is 31.5. The van der Waals surface area contributed by atoms with Crippen LogP contribution < -0.4 is 5.73 Å². The Balaban J connectivity index is 0.000000294. The molecule has 3 aromatic rings. The number of aliphatic hydroxyl groups is 1. The fourth-order valence-corrected chi connectivity index (χ4v) is 4.40. The van der Waals surface area contributed by atoms with Crippen LogP contribution in [0.4, 0.5) is 0 Å². The van der Waals surface area contributed by atoms with E-state index in [-0.39, 0.29) is 23.3 Å². The van der Waals surface area contributed by atoms with Gasteiger partial charge in [0.2, 0.25) is 12.2 Å². The SMILES string of the molecule is Cc1ccc(C(=O)OC(C(=O)O)[C@H](OC(=O)c2ccc(C)cc2)C(=O)O)cc1.N[C@H]1c2cc(Br)ccc2CC[C@@H]1O. The molecule has 41 heavy (non-hydrogen) atoms. The number of benzene rings is 3. The molecule has 1 aliphatic rings. The van der Waals surface area contributed by atoms with Crippen LogP contribution in [0.5, 0.6) is 0 Å². The number of hydrogen-bond acceptors (Lipinski definition) is 8. The van der Waals surface area contributed by atoms with Gasteiger partial charge in [0.25, 0.3) is 0 Å². The topological polar surface area (TPSA) is 173 Å². The fourth-order valence-electron chi connectivity index (χ4n) is 4.02. The molecule has 5 N–H and O–H groups in total. The number of halogens is 1. The third-order valence-electron chi connectivity index (χ3n) is 6.40. The maximum absolute atomic E-state index is 12.2. The summed E-state index contributed by atoms with van der Waals surface area (Å²) >= 11 is 3.40. The van der Waals surface area contributed by atoms with Crippen LogP contribution >= 0.6 is 15.9 Å². The van der Waals surface area contributed by atoms with Gasteiger partial charge in [0, 0.05) is 4.47 Å². The number of aliphatic carboxylic acids is 2.